The third-order valence-corrected chi connectivity index (χ3v) is 1.79. The number of aliphatic hydroxyl groups is 2. The van der Waals surface area contributed by atoms with E-state index in [0.29, 0.717) is 13.2 Å². The number of ether oxygens (including phenoxy) is 1. The van der Waals surface area contributed by atoms with Gasteiger partial charge in [0.15, 0.2) is 0 Å². The quantitative estimate of drug-likeness (QED) is 0.461. The lowest BCUT2D eigenvalue weighted by Gasteiger charge is -2.29. The standard InChI is InChI=1S/C6H12O3/c1-4-5(7)2-9-3-6(4)8/h4-8H,2-3H2,1H3/t4-,5+,6-. The van der Waals surface area contributed by atoms with Crippen LogP contribution in [-0.2, 0) is 4.74 Å². The van der Waals surface area contributed by atoms with E-state index in [1.807, 2.05) is 6.92 Å². The fourth-order valence-corrected chi connectivity index (χ4v) is 0.870. The maximum Gasteiger partial charge on any atom is 0.0824 e. The minimum Gasteiger partial charge on any atom is -0.390 e. The molecule has 1 saturated heterocycles. The van der Waals surface area contributed by atoms with Crippen molar-refractivity contribution in [2.24, 2.45) is 5.92 Å². The Kier molecular flexibility index (Phi) is 2.05. The maximum absolute atomic E-state index is 9.06. The molecule has 54 valence electrons. The van der Waals surface area contributed by atoms with E-state index in [-0.39, 0.29) is 5.92 Å². The van der Waals surface area contributed by atoms with Gasteiger partial charge >= 0.3 is 0 Å². The molecule has 0 amide bonds. The lowest BCUT2D eigenvalue weighted by atomic mass is 9.97. The summed E-state index contributed by atoms with van der Waals surface area (Å²) in [6, 6.07) is 0. The van der Waals surface area contributed by atoms with Crippen LogP contribution in [0.2, 0.25) is 0 Å². The Morgan fingerprint density at radius 3 is 2.00 bits per heavy atom. The summed E-state index contributed by atoms with van der Waals surface area (Å²) in [5, 5.41) is 18.1. The normalized spacial score (nSPS) is 45.0. The molecule has 3 atom stereocenters. The largest absolute Gasteiger partial charge is 0.390 e. The zero-order valence-electron chi connectivity index (χ0n) is 5.45. The van der Waals surface area contributed by atoms with Gasteiger partial charge in [0.25, 0.3) is 0 Å². The molecule has 0 spiro atoms. The zero-order valence-corrected chi connectivity index (χ0v) is 5.45. The van der Waals surface area contributed by atoms with Gasteiger partial charge in [0, 0.05) is 5.92 Å². The van der Waals surface area contributed by atoms with Gasteiger partial charge in [-0.1, -0.05) is 6.92 Å². The summed E-state index contributed by atoms with van der Waals surface area (Å²) < 4.78 is 4.86. The van der Waals surface area contributed by atoms with Crippen molar-refractivity contribution in [1.29, 1.82) is 0 Å². The topological polar surface area (TPSA) is 49.7 Å². The molecule has 3 nitrogen and oxygen atoms in total. The first-order chi connectivity index (χ1) is 4.22. The second kappa shape index (κ2) is 2.64. The Balaban J connectivity index is 2.41. The molecule has 1 aliphatic rings. The smallest absolute Gasteiger partial charge is 0.0824 e. The minimum absolute atomic E-state index is 0.0428. The van der Waals surface area contributed by atoms with Crippen LogP contribution in [0.3, 0.4) is 0 Å². The first-order valence-corrected chi connectivity index (χ1v) is 3.15. The molecular formula is C6H12O3. The highest BCUT2D eigenvalue weighted by molar-refractivity contribution is 4.75. The van der Waals surface area contributed by atoms with Crippen LogP contribution in [0.4, 0.5) is 0 Å². The molecule has 9 heavy (non-hydrogen) atoms. The average Bonchev–Trinajstić information content (AvgIpc) is 1.83. The van der Waals surface area contributed by atoms with E-state index in [4.69, 9.17) is 14.9 Å². The van der Waals surface area contributed by atoms with Gasteiger partial charge in [-0.2, -0.15) is 0 Å². The monoisotopic (exact) mass is 132 g/mol. The Morgan fingerprint density at radius 2 is 1.67 bits per heavy atom. The van der Waals surface area contributed by atoms with Crippen LogP contribution in [0.25, 0.3) is 0 Å². The molecule has 3 heteroatoms. The Bertz CT molecular complexity index is 84.3. The van der Waals surface area contributed by atoms with E-state index in [1.165, 1.54) is 0 Å². The highest BCUT2D eigenvalue weighted by Gasteiger charge is 2.27. The number of hydrogen-bond donors (Lipinski definition) is 2. The van der Waals surface area contributed by atoms with Crippen molar-refractivity contribution in [2.75, 3.05) is 13.2 Å². The van der Waals surface area contributed by atoms with Gasteiger partial charge in [0.05, 0.1) is 25.4 Å². The van der Waals surface area contributed by atoms with Crippen LogP contribution in [0.15, 0.2) is 0 Å². The molecule has 1 heterocycles. The molecule has 1 aliphatic heterocycles. The van der Waals surface area contributed by atoms with Crippen LogP contribution >= 0.6 is 0 Å². The van der Waals surface area contributed by atoms with Gasteiger partial charge in [-0.05, 0) is 0 Å². The molecule has 2 N–H and O–H groups in total. The van der Waals surface area contributed by atoms with Gasteiger partial charge in [-0.3, -0.25) is 0 Å². The number of hydrogen-bond acceptors (Lipinski definition) is 3. The average molecular weight is 132 g/mol. The third-order valence-electron chi connectivity index (χ3n) is 1.79. The lowest BCUT2D eigenvalue weighted by molar-refractivity contribution is -0.108. The molecule has 0 bridgehead atoms. The van der Waals surface area contributed by atoms with Gasteiger partial charge in [0.1, 0.15) is 0 Å². The Labute approximate surface area is 54.3 Å². The van der Waals surface area contributed by atoms with Gasteiger partial charge in [0.2, 0.25) is 0 Å². The highest BCUT2D eigenvalue weighted by atomic mass is 16.5. The molecule has 0 radical (unpaired) electrons. The van der Waals surface area contributed by atoms with Gasteiger partial charge in [-0.15, -0.1) is 0 Å². The van der Waals surface area contributed by atoms with E-state index in [2.05, 4.69) is 0 Å². The van der Waals surface area contributed by atoms with Gasteiger partial charge in [-0.25, -0.2) is 0 Å². The molecule has 1 rings (SSSR count). The maximum atomic E-state index is 9.06. The van der Waals surface area contributed by atoms with Crippen molar-refractivity contribution in [3.63, 3.8) is 0 Å². The second-order valence-corrected chi connectivity index (χ2v) is 2.53. The van der Waals surface area contributed by atoms with Crippen molar-refractivity contribution in [2.45, 2.75) is 19.1 Å². The fraction of sp³-hybridized carbons (Fsp3) is 1.00. The van der Waals surface area contributed by atoms with Crippen LogP contribution in [0.1, 0.15) is 6.92 Å². The zero-order chi connectivity index (χ0) is 6.85. The lowest BCUT2D eigenvalue weighted by Crippen LogP contribution is -2.41. The SMILES string of the molecule is C[C@H]1[C@H](O)COC[C@@H]1O. The van der Waals surface area contributed by atoms with Crippen LogP contribution in [-0.4, -0.2) is 35.6 Å². The third kappa shape index (κ3) is 1.41. The molecule has 1 fully saturated rings. The van der Waals surface area contributed by atoms with E-state index in [1.54, 1.807) is 0 Å². The summed E-state index contributed by atoms with van der Waals surface area (Å²) >= 11 is 0. The molecule has 0 aromatic rings. The van der Waals surface area contributed by atoms with Crippen LogP contribution < -0.4 is 0 Å². The fourth-order valence-electron chi connectivity index (χ4n) is 0.870. The molecule has 0 aliphatic carbocycles. The van der Waals surface area contributed by atoms with E-state index < -0.39 is 12.2 Å². The molecule has 0 aromatic heterocycles. The van der Waals surface area contributed by atoms with E-state index in [0.717, 1.165) is 0 Å². The Hall–Kier alpha value is -0.120. The summed E-state index contributed by atoms with van der Waals surface area (Å²) in [5.74, 6) is -0.0428. The first-order valence-electron chi connectivity index (χ1n) is 3.15. The molecular weight excluding hydrogens is 120 g/mol. The second-order valence-electron chi connectivity index (χ2n) is 2.53. The van der Waals surface area contributed by atoms with Crippen molar-refractivity contribution >= 4 is 0 Å². The van der Waals surface area contributed by atoms with E-state index in [9.17, 15) is 0 Å². The predicted molar refractivity (Wildman–Crippen MR) is 32.0 cm³/mol. The summed E-state index contributed by atoms with van der Waals surface area (Å²) in [6.07, 6.45) is -0.984. The summed E-state index contributed by atoms with van der Waals surface area (Å²) in [4.78, 5) is 0. The van der Waals surface area contributed by atoms with Crippen LogP contribution in [0.5, 0.6) is 0 Å². The van der Waals surface area contributed by atoms with Crippen molar-refractivity contribution in [1.82, 2.24) is 0 Å². The van der Waals surface area contributed by atoms with Gasteiger partial charge < -0.3 is 14.9 Å². The summed E-state index contributed by atoms with van der Waals surface area (Å²) in [7, 11) is 0. The molecule has 0 saturated carbocycles. The molecule has 0 aromatic carbocycles. The Morgan fingerprint density at radius 1 is 1.22 bits per heavy atom. The van der Waals surface area contributed by atoms with Crippen molar-refractivity contribution in [3.8, 4) is 0 Å². The van der Waals surface area contributed by atoms with Crippen molar-refractivity contribution in [3.05, 3.63) is 0 Å². The number of aliphatic hydroxyl groups excluding tert-OH is 2. The highest BCUT2D eigenvalue weighted by Crippen LogP contribution is 2.14. The predicted octanol–water partition coefficient (Wildman–Crippen LogP) is -0.626. The minimum atomic E-state index is -0.492. The van der Waals surface area contributed by atoms with E-state index >= 15 is 0 Å². The van der Waals surface area contributed by atoms with Crippen LogP contribution in [0, 0.1) is 5.92 Å². The number of rotatable bonds is 0. The summed E-state index contributed by atoms with van der Waals surface area (Å²) in [5.41, 5.74) is 0. The summed E-state index contributed by atoms with van der Waals surface area (Å²) in [6.45, 7) is 2.54. The molecule has 0 unspecified atom stereocenters. The van der Waals surface area contributed by atoms with Crippen molar-refractivity contribution < 1.29 is 14.9 Å². The first kappa shape index (κ1) is 6.99.